The fourth-order valence-corrected chi connectivity index (χ4v) is 2.22. The van der Waals surface area contributed by atoms with Crippen molar-refractivity contribution in [1.29, 1.82) is 5.26 Å². The average molecular weight is 270 g/mol. The minimum Gasteiger partial charge on any atom is -0.389 e. The van der Waals surface area contributed by atoms with Gasteiger partial charge < -0.3 is 10.0 Å². The Morgan fingerprint density at radius 2 is 1.80 bits per heavy atom. The monoisotopic (exact) mass is 270 g/mol. The summed E-state index contributed by atoms with van der Waals surface area (Å²) >= 11 is 0. The Kier molecular flexibility index (Phi) is 4.02. The number of para-hydroxylation sites is 1. The van der Waals surface area contributed by atoms with Gasteiger partial charge >= 0.3 is 0 Å². The molecule has 0 bridgehead atoms. The summed E-state index contributed by atoms with van der Waals surface area (Å²) in [4.78, 5) is 1.71. The fourth-order valence-electron chi connectivity index (χ4n) is 2.22. The van der Waals surface area contributed by atoms with Crippen LogP contribution in [0.1, 0.15) is 24.2 Å². The number of benzene rings is 2. The SMILES string of the molecule is C[C@@H](O)c1c(F)cccc1N(C)c1ccccc1C#N. The first-order chi connectivity index (χ1) is 9.56. The smallest absolute Gasteiger partial charge is 0.131 e. The fraction of sp³-hybridized carbons (Fsp3) is 0.188. The summed E-state index contributed by atoms with van der Waals surface area (Å²) in [6.45, 7) is 1.52. The van der Waals surface area contributed by atoms with Crippen molar-refractivity contribution >= 4 is 11.4 Å². The molecule has 0 heterocycles. The topological polar surface area (TPSA) is 47.3 Å². The van der Waals surface area contributed by atoms with Gasteiger partial charge in [-0.05, 0) is 31.2 Å². The summed E-state index contributed by atoms with van der Waals surface area (Å²) in [6.07, 6.45) is -0.928. The van der Waals surface area contributed by atoms with Crippen LogP contribution in [0.15, 0.2) is 42.5 Å². The average Bonchev–Trinajstić information content (AvgIpc) is 2.45. The number of hydrogen-bond donors (Lipinski definition) is 1. The molecule has 1 atom stereocenters. The van der Waals surface area contributed by atoms with E-state index >= 15 is 0 Å². The number of aliphatic hydroxyl groups is 1. The van der Waals surface area contributed by atoms with Gasteiger partial charge in [0.15, 0.2) is 0 Å². The van der Waals surface area contributed by atoms with Crippen LogP contribution in [0.3, 0.4) is 0 Å². The van der Waals surface area contributed by atoms with Crippen LogP contribution in [0.4, 0.5) is 15.8 Å². The van der Waals surface area contributed by atoms with Crippen LogP contribution in [-0.2, 0) is 0 Å². The maximum absolute atomic E-state index is 13.9. The van der Waals surface area contributed by atoms with Crippen LogP contribution in [0.5, 0.6) is 0 Å². The summed E-state index contributed by atoms with van der Waals surface area (Å²) in [5.41, 5.74) is 1.93. The van der Waals surface area contributed by atoms with Crippen molar-refractivity contribution in [2.24, 2.45) is 0 Å². The molecule has 0 aliphatic carbocycles. The zero-order valence-corrected chi connectivity index (χ0v) is 11.3. The molecule has 0 spiro atoms. The number of rotatable bonds is 3. The second kappa shape index (κ2) is 5.72. The van der Waals surface area contributed by atoms with Gasteiger partial charge in [-0.25, -0.2) is 4.39 Å². The molecule has 0 aliphatic rings. The molecule has 1 N–H and O–H groups in total. The van der Waals surface area contributed by atoms with E-state index in [-0.39, 0.29) is 5.56 Å². The molecule has 102 valence electrons. The van der Waals surface area contributed by atoms with Crippen molar-refractivity contribution in [2.75, 3.05) is 11.9 Å². The molecule has 2 rings (SSSR count). The lowest BCUT2D eigenvalue weighted by molar-refractivity contribution is 0.194. The minimum atomic E-state index is -0.928. The lowest BCUT2D eigenvalue weighted by Crippen LogP contribution is -2.15. The number of nitrogens with zero attached hydrogens (tertiary/aromatic N) is 2. The largest absolute Gasteiger partial charge is 0.389 e. The van der Waals surface area contributed by atoms with E-state index in [1.165, 1.54) is 13.0 Å². The molecule has 0 amide bonds. The second-order valence-electron chi connectivity index (χ2n) is 4.54. The summed E-state index contributed by atoms with van der Waals surface area (Å²) < 4.78 is 13.9. The predicted molar refractivity (Wildman–Crippen MR) is 76.3 cm³/mol. The molecule has 2 aromatic rings. The Hall–Kier alpha value is -2.38. The summed E-state index contributed by atoms with van der Waals surface area (Å²) in [5, 5.41) is 18.9. The molecule has 0 radical (unpaired) electrons. The Labute approximate surface area is 117 Å². The normalized spacial score (nSPS) is 11.8. The highest BCUT2D eigenvalue weighted by atomic mass is 19.1. The molecule has 0 fully saturated rings. The van der Waals surface area contributed by atoms with Gasteiger partial charge in [0, 0.05) is 18.3 Å². The second-order valence-corrected chi connectivity index (χ2v) is 4.54. The van der Waals surface area contributed by atoms with Crippen LogP contribution in [0.25, 0.3) is 0 Å². The van der Waals surface area contributed by atoms with E-state index in [4.69, 9.17) is 5.26 Å². The van der Waals surface area contributed by atoms with Crippen molar-refractivity contribution < 1.29 is 9.50 Å². The minimum absolute atomic E-state index is 0.225. The van der Waals surface area contributed by atoms with Gasteiger partial charge in [-0.3, -0.25) is 0 Å². The summed E-state index contributed by atoms with van der Waals surface area (Å²) in [6, 6.07) is 13.8. The van der Waals surface area contributed by atoms with Gasteiger partial charge in [0.1, 0.15) is 11.9 Å². The van der Waals surface area contributed by atoms with Crippen molar-refractivity contribution in [2.45, 2.75) is 13.0 Å². The Morgan fingerprint density at radius 3 is 2.45 bits per heavy atom. The molecule has 0 unspecified atom stereocenters. The highest BCUT2D eigenvalue weighted by Gasteiger charge is 2.18. The highest BCUT2D eigenvalue weighted by Crippen LogP contribution is 2.33. The standard InChI is InChI=1S/C16H15FN2O/c1-11(20)16-13(17)7-5-9-15(16)19(2)14-8-4-3-6-12(14)10-18/h3-9,11,20H,1-2H3/t11-/m1/s1. The maximum atomic E-state index is 13.9. The number of aliphatic hydroxyl groups excluding tert-OH is 1. The third-order valence-electron chi connectivity index (χ3n) is 3.19. The zero-order chi connectivity index (χ0) is 14.7. The molecule has 20 heavy (non-hydrogen) atoms. The van der Waals surface area contributed by atoms with E-state index in [2.05, 4.69) is 6.07 Å². The first-order valence-electron chi connectivity index (χ1n) is 6.25. The predicted octanol–water partition coefficient (Wildman–Crippen LogP) is 3.52. The molecule has 4 heteroatoms. The maximum Gasteiger partial charge on any atom is 0.131 e. The zero-order valence-electron chi connectivity index (χ0n) is 11.3. The number of halogens is 1. The van der Waals surface area contributed by atoms with Crippen molar-refractivity contribution in [3.63, 3.8) is 0 Å². The van der Waals surface area contributed by atoms with E-state index < -0.39 is 11.9 Å². The molecule has 0 saturated heterocycles. The molecule has 0 saturated carbocycles. The molecule has 2 aromatic carbocycles. The first kappa shape index (κ1) is 14.0. The van der Waals surface area contributed by atoms with Crippen LogP contribution in [0.2, 0.25) is 0 Å². The third kappa shape index (κ3) is 2.49. The number of nitriles is 1. The Bertz CT molecular complexity index is 662. The van der Waals surface area contributed by atoms with Gasteiger partial charge in [0.2, 0.25) is 0 Å². The third-order valence-corrected chi connectivity index (χ3v) is 3.19. The molecule has 0 aliphatic heterocycles. The van der Waals surface area contributed by atoms with Crippen molar-refractivity contribution in [3.8, 4) is 6.07 Å². The van der Waals surface area contributed by atoms with Gasteiger partial charge in [0.25, 0.3) is 0 Å². The van der Waals surface area contributed by atoms with E-state index in [1.54, 1.807) is 42.3 Å². The molecule has 0 aromatic heterocycles. The molecular weight excluding hydrogens is 255 g/mol. The number of anilines is 2. The van der Waals surface area contributed by atoms with Crippen molar-refractivity contribution in [1.82, 2.24) is 0 Å². The van der Waals surface area contributed by atoms with Gasteiger partial charge in [-0.2, -0.15) is 5.26 Å². The number of hydrogen-bond acceptors (Lipinski definition) is 3. The highest BCUT2D eigenvalue weighted by molar-refractivity contribution is 5.71. The van der Waals surface area contributed by atoms with Crippen LogP contribution in [-0.4, -0.2) is 12.2 Å². The van der Waals surface area contributed by atoms with Crippen LogP contribution in [0, 0.1) is 17.1 Å². The summed E-state index contributed by atoms with van der Waals surface area (Å²) in [5.74, 6) is -0.459. The lowest BCUT2D eigenvalue weighted by atomic mass is 10.1. The first-order valence-corrected chi connectivity index (χ1v) is 6.25. The van der Waals surface area contributed by atoms with E-state index in [9.17, 15) is 9.50 Å². The Morgan fingerprint density at radius 1 is 1.15 bits per heavy atom. The quantitative estimate of drug-likeness (QED) is 0.928. The van der Waals surface area contributed by atoms with Gasteiger partial charge in [-0.15, -0.1) is 0 Å². The van der Waals surface area contributed by atoms with E-state index in [1.807, 2.05) is 6.07 Å². The van der Waals surface area contributed by atoms with E-state index in [0.29, 0.717) is 16.9 Å². The van der Waals surface area contributed by atoms with Crippen LogP contribution < -0.4 is 4.90 Å². The summed E-state index contributed by atoms with van der Waals surface area (Å²) in [7, 11) is 1.75. The molecular formula is C16H15FN2O. The van der Waals surface area contributed by atoms with Gasteiger partial charge in [0.05, 0.1) is 17.4 Å². The van der Waals surface area contributed by atoms with Crippen molar-refractivity contribution in [3.05, 3.63) is 59.4 Å². The van der Waals surface area contributed by atoms with E-state index in [0.717, 1.165) is 0 Å². The lowest BCUT2D eigenvalue weighted by Gasteiger charge is -2.24. The van der Waals surface area contributed by atoms with Crippen LogP contribution >= 0.6 is 0 Å². The van der Waals surface area contributed by atoms with Gasteiger partial charge in [-0.1, -0.05) is 18.2 Å². The Balaban J connectivity index is 2.57. The molecule has 3 nitrogen and oxygen atoms in total.